The maximum atomic E-state index is 12.3. The molecule has 110 valence electrons. The third-order valence-corrected chi connectivity index (χ3v) is 4.24. The number of rotatable bonds is 5. The summed E-state index contributed by atoms with van der Waals surface area (Å²) < 4.78 is 5.15. The largest absolute Gasteiger partial charge is 0.497 e. The fraction of sp³-hybridized carbons (Fsp3) is 0.118. The van der Waals surface area contributed by atoms with Gasteiger partial charge in [-0.15, -0.1) is 0 Å². The number of benzene rings is 2. The maximum Gasteiger partial charge on any atom is 0.173 e. The van der Waals surface area contributed by atoms with E-state index in [1.54, 1.807) is 19.2 Å². The molecule has 4 nitrogen and oxygen atoms in total. The van der Waals surface area contributed by atoms with Crippen molar-refractivity contribution in [3.63, 3.8) is 0 Å². The van der Waals surface area contributed by atoms with Gasteiger partial charge in [-0.3, -0.25) is 4.79 Å². The average molecular weight is 310 g/mol. The minimum Gasteiger partial charge on any atom is -0.497 e. The first-order valence-electron chi connectivity index (χ1n) is 6.78. The molecule has 0 saturated heterocycles. The van der Waals surface area contributed by atoms with Gasteiger partial charge in [-0.2, -0.15) is 0 Å². The molecule has 0 spiro atoms. The summed E-state index contributed by atoms with van der Waals surface area (Å²) in [6.07, 6.45) is 1.53. The van der Waals surface area contributed by atoms with Crippen molar-refractivity contribution in [2.75, 3.05) is 12.9 Å². The number of hydrogen-bond acceptors (Lipinski definition) is 5. The van der Waals surface area contributed by atoms with E-state index in [-0.39, 0.29) is 5.78 Å². The van der Waals surface area contributed by atoms with Crippen LogP contribution < -0.4 is 4.74 Å². The molecule has 0 aliphatic carbocycles. The molecule has 0 N–H and O–H groups in total. The number of carbonyl (C=O) groups excluding carboxylic acids is 1. The van der Waals surface area contributed by atoms with Crippen LogP contribution in [0.5, 0.6) is 5.75 Å². The van der Waals surface area contributed by atoms with Crippen molar-refractivity contribution < 1.29 is 9.53 Å². The zero-order valence-corrected chi connectivity index (χ0v) is 12.8. The topological polar surface area (TPSA) is 52.1 Å². The normalized spacial score (nSPS) is 10.6. The number of para-hydroxylation sites is 1. The number of hydrogen-bond donors (Lipinski definition) is 0. The molecule has 0 bridgehead atoms. The van der Waals surface area contributed by atoms with Gasteiger partial charge >= 0.3 is 0 Å². The van der Waals surface area contributed by atoms with Crippen LogP contribution in [0.1, 0.15) is 10.4 Å². The second-order valence-electron chi connectivity index (χ2n) is 4.64. The Morgan fingerprint density at radius 3 is 2.86 bits per heavy atom. The molecule has 0 aliphatic heterocycles. The van der Waals surface area contributed by atoms with E-state index in [1.165, 1.54) is 18.1 Å². The van der Waals surface area contributed by atoms with Crippen LogP contribution >= 0.6 is 11.8 Å². The molecule has 0 fully saturated rings. The molecule has 22 heavy (non-hydrogen) atoms. The number of thioether (sulfide) groups is 1. The standard InChI is InChI=1S/C17H14N2O2S/c1-21-13-6-4-5-12(9-13)16(20)10-22-17-14-7-2-3-8-15(14)18-11-19-17/h2-9,11H,10H2,1H3. The zero-order valence-electron chi connectivity index (χ0n) is 12.0. The summed E-state index contributed by atoms with van der Waals surface area (Å²) in [5.74, 6) is 1.06. The van der Waals surface area contributed by atoms with E-state index in [0.717, 1.165) is 15.9 Å². The van der Waals surface area contributed by atoms with E-state index in [9.17, 15) is 4.79 Å². The van der Waals surface area contributed by atoms with Gasteiger partial charge in [0.15, 0.2) is 5.78 Å². The van der Waals surface area contributed by atoms with Crippen molar-refractivity contribution >= 4 is 28.4 Å². The number of methoxy groups -OCH3 is 1. The molecule has 2 aromatic carbocycles. The van der Waals surface area contributed by atoms with Crippen LogP contribution in [0.4, 0.5) is 0 Å². The van der Waals surface area contributed by atoms with Gasteiger partial charge in [-0.25, -0.2) is 9.97 Å². The predicted molar refractivity (Wildman–Crippen MR) is 87.6 cm³/mol. The summed E-state index contributed by atoms with van der Waals surface area (Å²) in [6, 6.07) is 15.0. The van der Waals surface area contributed by atoms with Crippen LogP contribution in [0.15, 0.2) is 59.9 Å². The van der Waals surface area contributed by atoms with Crippen molar-refractivity contribution in [3.05, 3.63) is 60.4 Å². The summed E-state index contributed by atoms with van der Waals surface area (Å²) in [7, 11) is 1.59. The van der Waals surface area contributed by atoms with Crippen LogP contribution in [-0.4, -0.2) is 28.6 Å². The summed E-state index contributed by atoms with van der Waals surface area (Å²) in [5, 5.41) is 1.79. The van der Waals surface area contributed by atoms with E-state index in [2.05, 4.69) is 9.97 Å². The van der Waals surface area contributed by atoms with Gasteiger partial charge in [0.2, 0.25) is 0 Å². The van der Waals surface area contributed by atoms with Crippen molar-refractivity contribution in [3.8, 4) is 5.75 Å². The minimum atomic E-state index is 0.0478. The van der Waals surface area contributed by atoms with Crippen LogP contribution in [0.3, 0.4) is 0 Å². The summed E-state index contributed by atoms with van der Waals surface area (Å²) in [6.45, 7) is 0. The number of Topliss-reactive ketones (excluding diaryl/α,β-unsaturated/α-hetero) is 1. The van der Waals surface area contributed by atoms with E-state index in [4.69, 9.17) is 4.74 Å². The Balaban J connectivity index is 1.77. The van der Waals surface area contributed by atoms with Crippen LogP contribution in [0.2, 0.25) is 0 Å². The zero-order chi connectivity index (χ0) is 15.4. The van der Waals surface area contributed by atoms with Crippen LogP contribution in [0, 0.1) is 0 Å². The third kappa shape index (κ3) is 3.09. The highest BCUT2D eigenvalue weighted by atomic mass is 32.2. The molecule has 3 rings (SSSR count). The second-order valence-corrected chi connectivity index (χ2v) is 5.60. The Kier molecular flexibility index (Phi) is 4.34. The molecular formula is C17H14N2O2S. The lowest BCUT2D eigenvalue weighted by Gasteiger charge is -2.05. The van der Waals surface area contributed by atoms with Crippen molar-refractivity contribution in [1.29, 1.82) is 0 Å². The summed E-state index contributed by atoms with van der Waals surface area (Å²) in [4.78, 5) is 20.8. The molecule has 3 aromatic rings. The van der Waals surface area contributed by atoms with Gasteiger partial charge < -0.3 is 4.74 Å². The molecule has 1 heterocycles. The summed E-state index contributed by atoms with van der Waals surface area (Å²) in [5.41, 5.74) is 1.53. The Morgan fingerprint density at radius 2 is 2.00 bits per heavy atom. The number of ether oxygens (including phenoxy) is 1. The van der Waals surface area contributed by atoms with Crippen molar-refractivity contribution in [2.45, 2.75) is 5.03 Å². The van der Waals surface area contributed by atoms with Crippen LogP contribution in [-0.2, 0) is 0 Å². The Morgan fingerprint density at radius 1 is 1.14 bits per heavy atom. The number of fused-ring (bicyclic) bond motifs is 1. The molecule has 0 unspecified atom stereocenters. The first kappa shape index (κ1) is 14.5. The van der Waals surface area contributed by atoms with Gasteiger partial charge in [0.05, 0.1) is 18.4 Å². The monoisotopic (exact) mass is 310 g/mol. The maximum absolute atomic E-state index is 12.3. The first-order valence-corrected chi connectivity index (χ1v) is 7.76. The fourth-order valence-corrected chi connectivity index (χ4v) is 2.99. The van der Waals surface area contributed by atoms with Gasteiger partial charge in [0.25, 0.3) is 0 Å². The Labute approximate surface area is 132 Å². The van der Waals surface area contributed by atoms with Crippen molar-refractivity contribution in [1.82, 2.24) is 9.97 Å². The lowest BCUT2D eigenvalue weighted by molar-refractivity contribution is 0.102. The van der Waals surface area contributed by atoms with E-state index < -0.39 is 0 Å². The molecule has 0 radical (unpaired) electrons. The quantitative estimate of drug-likeness (QED) is 0.409. The Bertz CT molecular complexity index is 815. The molecule has 0 aliphatic rings. The number of carbonyl (C=O) groups is 1. The molecule has 0 saturated carbocycles. The van der Waals surface area contributed by atoms with E-state index >= 15 is 0 Å². The number of nitrogens with zero attached hydrogens (tertiary/aromatic N) is 2. The SMILES string of the molecule is COc1cccc(C(=O)CSc2ncnc3ccccc23)c1. The highest BCUT2D eigenvalue weighted by Crippen LogP contribution is 2.25. The van der Waals surface area contributed by atoms with Gasteiger partial charge in [-0.1, -0.05) is 42.1 Å². The third-order valence-electron chi connectivity index (χ3n) is 3.24. The predicted octanol–water partition coefficient (Wildman–Crippen LogP) is 3.61. The van der Waals surface area contributed by atoms with Gasteiger partial charge in [0.1, 0.15) is 17.1 Å². The lowest BCUT2D eigenvalue weighted by atomic mass is 10.1. The van der Waals surface area contributed by atoms with Gasteiger partial charge in [-0.05, 0) is 18.2 Å². The Hall–Kier alpha value is -2.40. The first-order chi connectivity index (χ1) is 10.8. The van der Waals surface area contributed by atoms with E-state index in [0.29, 0.717) is 17.1 Å². The lowest BCUT2D eigenvalue weighted by Crippen LogP contribution is -2.03. The molecule has 1 aromatic heterocycles. The molecule has 0 atom stereocenters. The fourth-order valence-electron chi connectivity index (χ4n) is 2.11. The number of aromatic nitrogens is 2. The van der Waals surface area contributed by atoms with E-state index in [1.807, 2.05) is 36.4 Å². The smallest absolute Gasteiger partial charge is 0.173 e. The molecule has 0 amide bonds. The molecule has 5 heteroatoms. The number of ketones is 1. The average Bonchev–Trinajstić information content (AvgIpc) is 2.59. The van der Waals surface area contributed by atoms with Crippen molar-refractivity contribution in [2.24, 2.45) is 0 Å². The molecular weight excluding hydrogens is 296 g/mol. The minimum absolute atomic E-state index is 0.0478. The second kappa shape index (κ2) is 6.58. The van der Waals surface area contributed by atoms with Gasteiger partial charge in [0, 0.05) is 10.9 Å². The summed E-state index contributed by atoms with van der Waals surface area (Å²) >= 11 is 1.42. The van der Waals surface area contributed by atoms with Crippen LogP contribution in [0.25, 0.3) is 10.9 Å². The highest BCUT2D eigenvalue weighted by molar-refractivity contribution is 8.00. The highest BCUT2D eigenvalue weighted by Gasteiger charge is 2.10.